The molecular weight excluding hydrogens is 390 g/mol. The van der Waals surface area contributed by atoms with E-state index in [-0.39, 0.29) is 22.2 Å². The first kappa shape index (κ1) is 18.9. The van der Waals surface area contributed by atoms with E-state index in [1.165, 1.54) is 6.07 Å². The van der Waals surface area contributed by atoms with Gasteiger partial charge in [-0.15, -0.1) is 0 Å². The highest BCUT2D eigenvalue weighted by Gasteiger charge is 2.34. The van der Waals surface area contributed by atoms with Crippen molar-refractivity contribution < 1.29 is 26.8 Å². The Morgan fingerprint density at radius 1 is 1.15 bits per heavy atom. The van der Waals surface area contributed by atoms with Gasteiger partial charge in [0.1, 0.15) is 11.4 Å². The van der Waals surface area contributed by atoms with Gasteiger partial charge in [0.2, 0.25) is 5.91 Å². The lowest BCUT2D eigenvalue weighted by atomic mass is 10.1. The Kier molecular flexibility index (Phi) is 4.93. The van der Waals surface area contributed by atoms with Crippen LogP contribution in [0.1, 0.15) is 11.1 Å². The Hall–Kier alpha value is -2.87. The Labute approximate surface area is 154 Å². The third-order valence-corrected chi connectivity index (χ3v) is 4.17. The normalized spacial score (nSPS) is 11.6. The number of hydrogen-bond acceptors (Lipinski definition) is 3. The van der Waals surface area contributed by atoms with Gasteiger partial charge in [0, 0.05) is 5.39 Å². The molecule has 1 amide bonds. The van der Waals surface area contributed by atoms with Crippen LogP contribution in [-0.4, -0.2) is 5.91 Å². The maximum Gasteiger partial charge on any atom is 0.418 e. The van der Waals surface area contributed by atoms with E-state index in [1.54, 1.807) is 18.2 Å². The molecular formula is C18H10ClF4NO3. The van der Waals surface area contributed by atoms with Gasteiger partial charge in [-0.2, -0.15) is 13.2 Å². The van der Waals surface area contributed by atoms with Crippen molar-refractivity contribution in [2.24, 2.45) is 0 Å². The summed E-state index contributed by atoms with van der Waals surface area (Å²) in [5.41, 5.74) is -2.82. The molecule has 9 heteroatoms. The van der Waals surface area contributed by atoms with E-state index in [1.807, 2.05) is 5.32 Å². The lowest BCUT2D eigenvalue weighted by Gasteiger charge is -2.14. The molecule has 27 heavy (non-hydrogen) atoms. The first-order valence-electron chi connectivity index (χ1n) is 7.53. The van der Waals surface area contributed by atoms with Gasteiger partial charge in [-0.25, -0.2) is 9.18 Å². The van der Waals surface area contributed by atoms with Gasteiger partial charge in [-0.05, 0) is 30.3 Å². The summed E-state index contributed by atoms with van der Waals surface area (Å²) < 4.78 is 57.2. The number of para-hydroxylation sites is 1. The van der Waals surface area contributed by atoms with Crippen molar-refractivity contribution >= 4 is 34.2 Å². The van der Waals surface area contributed by atoms with Gasteiger partial charge in [0.15, 0.2) is 0 Å². The Bertz CT molecular complexity index is 1090. The Morgan fingerprint density at radius 2 is 1.85 bits per heavy atom. The van der Waals surface area contributed by atoms with Crippen LogP contribution >= 0.6 is 11.6 Å². The summed E-state index contributed by atoms with van der Waals surface area (Å²) >= 11 is 6.15. The Morgan fingerprint density at radius 3 is 2.56 bits per heavy atom. The summed E-state index contributed by atoms with van der Waals surface area (Å²) in [5, 5.41) is 2.40. The molecule has 1 heterocycles. The minimum Gasteiger partial charge on any atom is -0.422 e. The lowest BCUT2D eigenvalue weighted by Crippen LogP contribution is -2.22. The van der Waals surface area contributed by atoms with Crippen molar-refractivity contribution in [3.63, 3.8) is 0 Å². The van der Waals surface area contributed by atoms with Gasteiger partial charge < -0.3 is 9.73 Å². The van der Waals surface area contributed by atoms with Crippen molar-refractivity contribution in [3.05, 3.63) is 74.9 Å². The maximum absolute atomic E-state index is 13.1. The van der Waals surface area contributed by atoms with Crippen LogP contribution in [-0.2, 0) is 17.4 Å². The van der Waals surface area contributed by atoms with E-state index < -0.39 is 41.2 Å². The minimum absolute atomic E-state index is 0.0212. The molecule has 4 nitrogen and oxygen atoms in total. The minimum atomic E-state index is -4.87. The van der Waals surface area contributed by atoms with Gasteiger partial charge in [-0.1, -0.05) is 23.7 Å². The van der Waals surface area contributed by atoms with Crippen molar-refractivity contribution in [2.45, 2.75) is 12.6 Å². The average Bonchev–Trinajstić information content (AvgIpc) is 2.59. The molecule has 0 aliphatic heterocycles. The maximum atomic E-state index is 13.1. The summed E-state index contributed by atoms with van der Waals surface area (Å²) in [4.78, 5) is 24.2. The number of hydrogen-bond donors (Lipinski definition) is 1. The number of carbonyl (C=O) groups is 1. The number of benzene rings is 2. The largest absolute Gasteiger partial charge is 0.422 e. The summed E-state index contributed by atoms with van der Waals surface area (Å²) in [6.07, 6.45) is -5.48. The van der Waals surface area contributed by atoms with Crippen LogP contribution in [0.25, 0.3) is 11.0 Å². The number of amides is 1. The summed E-state index contributed by atoms with van der Waals surface area (Å²) in [7, 11) is 0. The first-order valence-corrected chi connectivity index (χ1v) is 7.91. The van der Waals surface area contributed by atoms with Crippen LogP contribution in [0.4, 0.5) is 23.2 Å². The molecule has 0 fully saturated rings. The van der Waals surface area contributed by atoms with Gasteiger partial charge in [0.05, 0.1) is 28.3 Å². The molecule has 0 aliphatic rings. The third-order valence-electron chi connectivity index (χ3n) is 3.74. The number of halogens is 5. The molecule has 0 radical (unpaired) electrons. The van der Waals surface area contributed by atoms with Crippen LogP contribution in [0.2, 0.25) is 5.02 Å². The third kappa shape index (κ3) is 3.95. The van der Waals surface area contributed by atoms with Crippen molar-refractivity contribution in [1.82, 2.24) is 0 Å². The van der Waals surface area contributed by atoms with E-state index in [0.29, 0.717) is 5.39 Å². The first-order chi connectivity index (χ1) is 12.7. The molecule has 0 saturated carbocycles. The van der Waals surface area contributed by atoms with Crippen LogP contribution < -0.4 is 10.9 Å². The monoisotopic (exact) mass is 399 g/mol. The topological polar surface area (TPSA) is 59.3 Å². The zero-order valence-corrected chi connectivity index (χ0v) is 14.1. The number of fused-ring (bicyclic) bond motifs is 1. The molecule has 1 aromatic heterocycles. The number of carbonyl (C=O) groups excluding carboxylic acids is 1. The smallest absolute Gasteiger partial charge is 0.418 e. The molecule has 0 saturated heterocycles. The fourth-order valence-corrected chi connectivity index (χ4v) is 2.82. The molecule has 0 unspecified atom stereocenters. The highest BCUT2D eigenvalue weighted by Crippen LogP contribution is 2.35. The predicted octanol–water partition coefficient (Wildman–Crippen LogP) is 4.79. The van der Waals surface area contributed by atoms with Crippen molar-refractivity contribution in [2.75, 3.05) is 5.32 Å². The van der Waals surface area contributed by atoms with Gasteiger partial charge >= 0.3 is 11.8 Å². The zero-order chi connectivity index (χ0) is 19.8. The molecule has 3 aromatic rings. The van der Waals surface area contributed by atoms with Crippen molar-refractivity contribution in [1.29, 1.82) is 0 Å². The van der Waals surface area contributed by atoms with E-state index >= 15 is 0 Å². The SMILES string of the molecule is O=C(Cc1c(Cl)c2ccccc2oc1=O)Nc1ccc(F)cc1C(F)(F)F. The van der Waals surface area contributed by atoms with Gasteiger partial charge in [-0.3, -0.25) is 4.79 Å². The number of alkyl halides is 3. The number of anilines is 1. The molecule has 3 rings (SSSR count). The molecule has 1 N–H and O–H groups in total. The lowest BCUT2D eigenvalue weighted by molar-refractivity contribution is -0.137. The molecule has 2 aromatic carbocycles. The van der Waals surface area contributed by atoms with Crippen LogP contribution in [0, 0.1) is 5.82 Å². The zero-order valence-electron chi connectivity index (χ0n) is 13.4. The van der Waals surface area contributed by atoms with E-state index in [0.717, 1.165) is 12.1 Å². The summed E-state index contributed by atoms with van der Waals surface area (Å²) in [6, 6.07) is 8.20. The summed E-state index contributed by atoms with van der Waals surface area (Å²) in [5.74, 6) is -2.03. The van der Waals surface area contributed by atoms with Crippen molar-refractivity contribution in [3.8, 4) is 0 Å². The number of nitrogens with one attached hydrogen (secondary N) is 1. The molecule has 0 spiro atoms. The fraction of sp³-hybridized carbons (Fsp3) is 0.111. The molecule has 0 atom stereocenters. The second kappa shape index (κ2) is 7.03. The predicted molar refractivity (Wildman–Crippen MR) is 91.2 cm³/mol. The highest BCUT2D eigenvalue weighted by atomic mass is 35.5. The van der Waals surface area contributed by atoms with Gasteiger partial charge in [0.25, 0.3) is 0 Å². The second-order valence-corrected chi connectivity index (χ2v) is 5.97. The second-order valence-electron chi connectivity index (χ2n) is 5.59. The number of rotatable bonds is 3. The van der Waals surface area contributed by atoms with Crippen LogP contribution in [0.3, 0.4) is 0 Å². The van der Waals surface area contributed by atoms with E-state index in [9.17, 15) is 27.2 Å². The Balaban J connectivity index is 1.92. The quantitative estimate of drug-likeness (QED) is 0.509. The highest BCUT2D eigenvalue weighted by molar-refractivity contribution is 6.36. The van der Waals surface area contributed by atoms with E-state index in [2.05, 4.69) is 0 Å². The molecule has 0 aliphatic carbocycles. The standard InChI is InChI=1S/C18H10ClF4NO3/c19-16-10-3-1-2-4-14(10)27-17(26)11(16)8-15(25)24-13-6-5-9(20)7-12(13)18(21,22)23/h1-7H,8H2,(H,24,25). The molecule has 0 bridgehead atoms. The average molecular weight is 400 g/mol. The fourth-order valence-electron chi connectivity index (χ4n) is 2.52. The van der Waals surface area contributed by atoms with Crippen LogP contribution in [0.15, 0.2) is 51.7 Å². The van der Waals surface area contributed by atoms with Crippen LogP contribution in [0.5, 0.6) is 0 Å². The van der Waals surface area contributed by atoms with E-state index in [4.69, 9.17) is 16.0 Å². The molecule has 140 valence electrons. The summed E-state index contributed by atoms with van der Waals surface area (Å²) in [6.45, 7) is 0.